The summed E-state index contributed by atoms with van der Waals surface area (Å²) in [7, 11) is 0. The molecule has 0 saturated carbocycles. The van der Waals surface area contributed by atoms with Crippen LogP contribution >= 0.6 is 22.6 Å². The van der Waals surface area contributed by atoms with Crippen molar-refractivity contribution in [2.45, 2.75) is 55.8 Å². The van der Waals surface area contributed by atoms with E-state index in [0.717, 1.165) is 6.92 Å². The van der Waals surface area contributed by atoms with Crippen LogP contribution in [0.4, 0.5) is 61.5 Å². The molecule has 0 aromatic rings. The van der Waals surface area contributed by atoms with Crippen LogP contribution in [0.2, 0.25) is 0 Å². The Hall–Kier alpha value is -1.04. The predicted octanol–water partition coefficient (Wildman–Crippen LogP) is 6.97. The number of halogens is 15. The van der Waals surface area contributed by atoms with Gasteiger partial charge in [0.2, 0.25) is 0 Å². The van der Waals surface area contributed by atoms with Crippen LogP contribution in [0.25, 0.3) is 0 Å². The monoisotopic (exact) mass is 606 g/mol. The summed E-state index contributed by atoms with van der Waals surface area (Å²) in [6.45, 7) is 2.83. The summed E-state index contributed by atoms with van der Waals surface area (Å²) in [6, 6.07) is 0. The molecular weight excluding hydrogens is 593 g/mol. The smallest absolute Gasteiger partial charge is 0.431 e. The number of esters is 1. The SMILES string of the molecule is C=C(C)C(=O)OCCC(F)(C(F)(F)F)C(F)(F)F.FC(F)(F)C(F)(CCI)C(F)(F)F. The van der Waals surface area contributed by atoms with Crippen molar-refractivity contribution in [2.24, 2.45) is 0 Å². The molecule has 0 aliphatic rings. The van der Waals surface area contributed by atoms with Crippen LogP contribution in [-0.4, -0.2) is 53.0 Å². The number of rotatable bonds is 6. The molecule has 0 unspecified atom stereocenters. The lowest BCUT2D eigenvalue weighted by Gasteiger charge is -2.29. The molecule has 0 bridgehead atoms. The van der Waals surface area contributed by atoms with Gasteiger partial charge in [-0.15, -0.1) is 0 Å². The van der Waals surface area contributed by atoms with Gasteiger partial charge in [0.05, 0.1) is 6.61 Å². The fourth-order valence-electron chi connectivity index (χ4n) is 1.43. The van der Waals surface area contributed by atoms with Gasteiger partial charge in [-0.2, -0.15) is 52.7 Å². The summed E-state index contributed by atoms with van der Waals surface area (Å²) in [5.41, 5.74) is -10.7. The third-order valence-electron chi connectivity index (χ3n) is 3.26. The van der Waals surface area contributed by atoms with Gasteiger partial charge < -0.3 is 4.74 Å². The van der Waals surface area contributed by atoms with E-state index in [4.69, 9.17) is 0 Å². The molecule has 0 saturated heterocycles. The third kappa shape index (κ3) is 8.43. The van der Waals surface area contributed by atoms with E-state index in [1.807, 2.05) is 0 Å². The zero-order valence-electron chi connectivity index (χ0n) is 15.0. The van der Waals surface area contributed by atoms with Gasteiger partial charge in [0.1, 0.15) is 0 Å². The van der Waals surface area contributed by atoms with Crippen molar-refractivity contribution in [1.82, 2.24) is 0 Å². The van der Waals surface area contributed by atoms with Crippen molar-refractivity contribution in [1.29, 1.82) is 0 Å². The highest BCUT2D eigenvalue weighted by Gasteiger charge is 2.72. The maximum Gasteiger partial charge on any atom is 0.431 e. The number of carbonyl (C=O) groups is 1. The van der Waals surface area contributed by atoms with Crippen LogP contribution in [0.5, 0.6) is 0 Å². The van der Waals surface area contributed by atoms with E-state index in [0.29, 0.717) is 0 Å². The van der Waals surface area contributed by atoms with Gasteiger partial charge in [0, 0.05) is 22.8 Å². The molecule has 0 aromatic heterocycles. The summed E-state index contributed by atoms with van der Waals surface area (Å²) < 4.78 is 171. The second kappa shape index (κ2) is 10.7. The fourth-order valence-corrected chi connectivity index (χ4v) is 2.17. The molecule has 2 nitrogen and oxygen atoms in total. The normalized spacial score (nSPS) is 13.9. The maximum atomic E-state index is 13.0. The first-order chi connectivity index (χ1) is 13.4. The van der Waals surface area contributed by atoms with E-state index in [1.165, 1.54) is 22.6 Å². The Labute approximate surface area is 179 Å². The number of hydrogen-bond acceptors (Lipinski definition) is 2. The molecule has 0 rings (SSSR count). The average Bonchev–Trinajstić information content (AvgIpc) is 2.50. The zero-order chi connectivity index (χ0) is 25.7. The van der Waals surface area contributed by atoms with Gasteiger partial charge in [0.25, 0.3) is 5.67 Å². The molecular formula is C14H13F14IO2. The van der Waals surface area contributed by atoms with Crippen molar-refractivity contribution in [2.75, 3.05) is 11.0 Å². The fraction of sp³-hybridized carbons (Fsp3) is 0.786. The molecule has 0 spiro atoms. The summed E-state index contributed by atoms with van der Waals surface area (Å²) in [4.78, 5) is 10.7. The first kappa shape index (κ1) is 32.1. The molecule has 0 fully saturated rings. The van der Waals surface area contributed by atoms with Crippen molar-refractivity contribution in [3.05, 3.63) is 12.2 Å². The molecule has 0 aliphatic carbocycles. The molecule has 0 radical (unpaired) electrons. The Balaban J connectivity index is 0. The topological polar surface area (TPSA) is 26.3 Å². The quantitative estimate of drug-likeness (QED) is 0.107. The molecule has 17 heteroatoms. The van der Waals surface area contributed by atoms with Gasteiger partial charge in [-0.1, -0.05) is 29.2 Å². The Bertz CT molecular complexity index is 574. The van der Waals surface area contributed by atoms with Gasteiger partial charge in [0.15, 0.2) is 0 Å². The standard InChI is InChI=1S/C9H9F7O2.C5H4F7I/c1-5(2)6(17)18-4-3-7(10,8(11,12)13)9(14,15)16;6-3(1-2-13,4(7,8)9)5(10,11)12/h1,3-4H2,2H3;1-2H2. The van der Waals surface area contributed by atoms with Crippen LogP contribution in [0.3, 0.4) is 0 Å². The van der Waals surface area contributed by atoms with Crippen LogP contribution in [0, 0.1) is 0 Å². The van der Waals surface area contributed by atoms with Gasteiger partial charge in [-0.3, -0.25) is 0 Å². The van der Waals surface area contributed by atoms with E-state index >= 15 is 0 Å². The molecule has 0 N–H and O–H groups in total. The highest BCUT2D eigenvalue weighted by atomic mass is 127. The summed E-state index contributed by atoms with van der Waals surface area (Å²) in [5.74, 6) is -1.19. The summed E-state index contributed by atoms with van der Waals surface area (Å²) >= 11 is 1.25. The molecule has 0 aromatic carbocycles. The number of alkyl halides is 15. The lowest BCUT2D eigenvalue weighted by molar-refractivity contribution is -0.344. The summed E-state index contributed by atoms with van der Waals surface area (Å²) in [6.07, 6.45) is -27.8. The zero-order valence-corrected chi connectivity index (χ0v) is 17.2. The van der Waals surface area contributed by atoms with Crippen LogP contribution in [-0.2, 0) is 9.53 Å². The molecule has 0 amide bonds. The van der Waals surface area contributed by atoms with E-state index in [2.05, 4.69) is 11.3 Å². The first-order valence-electron chi connectivity index (χ1n) is 7.42. The van der Waals surface area contributed by atoms with E-state index in [9.17, 15) is 66.3 Å². The van der Waals surface area contributed by atoms with Crippen molar-refractivity contribution in [3.8, 4) is 0 Å². The lowest BCUT2D eigenvalue weighted by atomic mass is 10.0. The van der Waals surface area contributed by atoms with E-state index in [1.54, 1.807) is 0 Å². The number of hydrogen-bond donors (Lipinski definition) is 0. The van der Waals surface area contributed by atoms with Crippen LogP contribution in [0.15, 0.2) is 12.2 Å². The molecule has 31 heavy (non-hydrogen) atoms. The Morgan fingerprint density at radius 1 is 0.710 bits per heavy atom. The highest BCUT2D eigenvalue weighted by Crippen LogP contribution is 2.49. The number of ether oxygens (including phenoxy) is 1. The predicted molar refractivity (Wildman–Crippen MR) is 85.8 cm³/mol. The Morgan fingerprint density at radius 2 is 1.00 bits per heavy atom. The van der Waals surface area contributed by atoms with Gasteiger partial charge in [-0.25, -0.2) is 13.6 Å². The average molecular weight is 606 g/mol. The van der Waals surface area contributed by atoms with Crippen LogP contribution in [0.1, 0.15) is 19.8 Å². The minimum absolute atomic E-state index is 0.224. The minimum Gasteiger partial charge on any atom is -0.462 e. The largest absolute Gasteiger partial charge is 0.462 e. The number of carbonyl (C=O) groups excluding carboxylic acids is 1. The van der Waals surface area contributed by atoms with E-state index in [-0.39, 0.29) is 5.57 Å². The lowest BCUT2D eigenvalue weighted by Crippen LogP contribution is -2.53. The minimum atomic E-state index is -6.14. The van der Waals surface area contributed by atoms with Crippen molar-refractivity contribution >= 4 is 28.6 Å². The Kier molecular flexibility index (Phi) is 11.1. The second-order valence-electron chi connectivity index (χ2n) is 5.70. The van der Waals surface area contributed by atoms with E-state index < -0.39 is 65.9 Å². The highest BCUT2D eigenvalue weighted by molar-refractivity contribution is 14.1. The van der Waals surface area contributed by atoms with Crippen LogP contribution < -0.4 is 0 Å². The van der Waals surface area contributed by atoms with Gasteiger partial charge in [-0.05, 0) is 6.92 Å². The maximum absolute atomic E-state index is 13.0. The van der Waals surface area contributed by atoms with Crippen molar-refractivity contribution < 1.29 is 71.0 Å². The second-order valence-corrected chi connectivity index (χ2v) is 6.78. The van der Waals surface area contributed by atoms with Gasteiger partial charge >= 0.3 is 36.3 Å². The Morgan fingerprint density at radius 3 is 1.19 bits per heavy atom. The third-order valence-corrected chi connectivity index (χ3v) is 3.80. The summed E-state index contributed by atoms with van der Waals surface area (Å²) in [5, 5.41) is 0. The first-order valence-corrected chi connectivity index (χ1v) is 8.95. The molecule has 186 valence electrons. The molecule has 0 aliphatic heterocycles. The molecule has 0 atom stereocenters. The molecule has 0 heterocycles. The van der Waals surface area contributed by atoms with Crippen molar-refractivity contribution in [3.63, 3.8) is 0 Å².